The molecule has 104 valence electrons. The van der Waals surface area contributed by atoms with E-state index in [1.807, 2.05) is 30.3 Å². The van der Waals surface area contributed by atoms with E-state index in [0.29, 0.717) is 12.5 Å². The average molecular weight is 280 g/mol. The molecule has 2 aromatic rings. The molecule has 19 heavy (non-hydrogen) atoms. The van der Waals surface area contributed by atoms with Crippen molar-refractivity contribution in [2.45, 2.75) is 26.4 Å². The number of hydrogen-bond acceptors (Lipinski definition) is 6. The van der Waals surface area contributed by atoms with Gasteiger partial charge in [-0.3, -0.25) is 0 Å². The minimum absolute atomic E-state index is 0.514. The summed E-state index contributed by atoms with van der Waals surface area (Å²) in [7, 11) is 1.94. The van der Waals surface area contributed by atoms with Crippen molar-refractivity contribution in [3.8, 4) is 0 Å². The van der Waals surface area contributed by atoms with Crippen LogP contribution in [0.1, 0.15) is 20.8 Å². The molecule has 0 aliphatic heterocycles. The molecule has 0 fully saturated rings. The zero-order valence-electron chi connectivity index (χ0n) is 11.8. The van der Waals surface area contributed by atoms with Crippen LogP contribution in [0.2, 0.25) is 0 Å². The minimum Gasteiger partial charge on any atom is -0.389 e. The molecule has 0 bridgehead atoms. The molecule has 2 N–H and O–H groups in total. The van der Waals surface area contributed by atoms with Crippen molar-refractivity contribution in [3.63, 3.8) is 0 Å². The number of aliphatic hydroxyl groups is 1. The number of rotatable bonds is 5. The van der Waals surface area contributed by atoms with Gasteiger partial charge in [0.15, 0.2) is 0 Å². The summed E-state index contributed by atoms with van der Waals surface area (Å²) in [6.45, 7) is 6.90. The maximum atomic E-state index is 9.95. The fourth-order valence-electron chi connectivity index (χ4n) is 2.02. The van der Waals surface area contributed by atoms with E-state index in [1.54, 1.807) is 25.2 Å². The first kappa shape index (κ1) is 14.0. The third-order valence-corrected chi connectivity index (χ3v) is 3.43. The van der Waals surface area contributed by atoms with E-state index < -0.39 is 5.60 Å². The Balaban J connectivity index is 2.42. The summed E-state index contributed by atoms with van der Waals surface area (Å²) in [5, 5.41) is 16.1. The van der Waals surface area contributed by atoms with E-state index in [2.05, 4.69) is 15.3 Å². The average Bonchev–Trinajstić information content (AvgIpc) is 2.73. The van der Waals surface area contributed by atoms with Crippen LogP contribution in [0.5, 0.6) is 0 Å². The topological polar surface area (TPSA) is 61.3 Å². The lowest BCUT2D eigenvalue weighted by molar-refractivity contribution is 0.0885. The van der Waals surface area contributed by atoms with Gasteiger partial charge in [-0.05, 0) is 32.2 Å². The van der Waals surface area contributed by atoms with Gasteiger partial charge in [0.05, 0.1) is 11.0 Å². The lowest BCUT2D eigenvalue weighted by Crippen LogP contribution is -2.36. The van der Waals surface area contributed by atoms with E-state index in [-0.39, 0.29) is 0 Å². The highest BCUT2D eigenvalue weighted by Gasteiger charge is 2.19. The van der Waals surface area contributed by atoms with Gasteiger partial charge >= 0.3 is 0 Å². The molecule has 5 nitrogen and oxygen atoms in total. The highest BCUT2D eigenvalue weighted by Crippen LogP contribution is 2.29. The molecule has 0 aromatic carbocycles. The first-order valence-electron chi connectivity index (χ1n) is 6.33. The molecule has 0 radical (unpaired) electrons. The lowest BCUT2D eigenvalue weighted by atomic mass is 10.1. The second-order valence-corrected chi connectivity index (χ2v) is 6.10. The number of anilines is 2. The van der Waals surface area contributed by atoms with Crippen molar-refractivity contribution in [1.29, 1.82) is 0 Å². The molecular formula is C13H20N4OS. The smallest absolute Gasteiger partial charge is 0.226 e. The Morgan fingerprint density at radius 3 is 2.79 bits per heavy atom. The maximum absolute atomic E-state index is 9.95. The van der Waals surface area contributed by atoms with E-state index in [9.17, 15) is 5.11 Å². The molecule has 0 spiro atoms. The third kappa shape index (κ3) is 3.33. The molecule has 0 saturated heterocycles. The van der Waals surface area contributed by atoms with E-state index in [1.165, 1.54) is 0 Å². The van der Waals surface area contributed by atoms with Crippen molar-refractivity contribution < 1.29 is 5.11 Å². The molecule has 0 atom stereocenters. The van der Waals surface area contributed by atoms with Crippen LogP contribution >= 0.6 is 11.3 Å². The number of thiophene rings is 1. The van der Waals surface area contributed by atoms with Gasteiger partial charge in [0.1, 0.15) is 10.6 Å². The first-order chi connectivity index (χ1) is 8.90. The predicted molar refractivity (Wildman–Crippen MR) is 81.1 cm³/mol. The summed E-state index contributed by atoms with van der Waals surface area (Å²) in [5.41, 5.74) is -0.763. The van der Waals surface area contributed by atoms with Crippen LogP contribution in [0.4, 0.5) is 11.8 Å². The zero-order chi connectivity index (χ0) is 14.0. The number of aromatic nitrogens is 2. The largest absolute Gasteiger partial charge is 0.389 e. The van der Waals surface area contributed by atoms with E-state index in [0.717, 1.165) is 22.6 Å². The van der Waals surface area contributed by atoms with E-state index in [4.69, 9.17) is 0 Å². The summed E-state index contributed by atoms with van der Waals surface area (Å²) >= 11 is 1.60. The first-order valence-corrected chi connectivity index (χ1v) is 7.21. The summed E-state index contributed by atoms with van der Waals surface area (Å²) in [5.74, 6) is 1.49. The van der Waals surface area contributed by atoms with Gasteiger partial charge in [-0.1, -0.05) is 0 Å². The number of fused-ring (bicyclic) bond motifs is 1. The van der Waals surface area contributed by atoms with Crippen LogP contribution in [0, 0.1) is 0 Å². The molecule has 2 rings (SSSR count). The minimum atomic E-state index is -0.763. The Morgan fingerprint density at radius 1 is 1.42 bits per heavy atom. The van der Waals surface area contributed by atoms with Crippen molar-refractivity contribution in [2.24, 2.45) is 0 Å². The Bertz CT molecular complexity index is 561. The van der Waals surface area contributed by atoms with Crippen LogP contribution in [0.3, 0.4) is 0 Å². The second-order valence-electron chi connectivity index (χ2n) is 5.21. The van der Waals surface area contributed by atoms with Crippen LogP contribution in [-0.2, 0) is 0 Å². The van der Waals surface area contributed by atoms with Crippen molar-refractivity contribution in [2.75, 3.05) is 30.4 Å². The highest BCUT2D eigenvalue weighted by molar-refractivity contribution is 7.16. The molecule has 0 aliphatic carbocycles. The van der Waals surface area contributed by atoms with Crippen LogP contribution in [0.15, 0.2) is 11.4 Å². The fraction of sp³-hybridized carbons (Fsp3) is 0.538. The molecule has 2 heterocycles. The monoisotopic (exact) mass is 280 g/mol. The molecule has 0 aliphatic rings. The van der Waals surface area contributed by atoms with Gasteiger partial charge in [0.2, 0.25) is 5.95 Å². The molecule has 0 unspecified atom stereocenters. The van der Waals surface area contributed by atoms with Gasteiger partial charge in [-0.25, -0.2) is 4.98 Å². The Kier molecular flexibility index (Phi) is 3.91. The SMILES string of the molecule is CCNc1nc(N(C)CC(C)(C)O)c2ccsc2n1. The fourth-order valence-corrected chi connectivity index (χ4v) is 2.78. The van der Waals surface area contributed by atoms with Gasteiger partial charge in [0, 0.05) is 20.1 Å². The Hall–Kier alpha value is -1.40. The van der Waals surface area contributed by atoms with Gasteiger partial charge < -0.3 is 15.3 Å². The van der Waals surface area contributed by atoms with Gasteiger partial charge in [-0.15, -0.1) is 11.3 Å². The molecule has 6 heteroatoms. The summed E-state index contributed by atoms with van der Waals surface area (Å²) < 4.78 is 0. The van der Waals surface area contributed by atoms with Crippen LogP contribution < -0.4 is 10.2 Å². The molecule has 0 saturated carbocycles. The Labute approximate surface area is 117 Å². The molecular weight excluding hydrogens is 260 g/mol. The summed E-state index contributed by atoms with van der Waals surface area (Å²) in [4.78, 5) is 11.9. The third-order valence-electron chi connectivity index (χ3n) is 2.63. The van der Waals surface area contributed by atoms with Crippen molar-refractivity contribution >= 4 is 33.3 Å². The van der Waals surface area contributed by atoms with Gasteiger partial charge in [0.25, 0.3) is 0 Å². The number of likely N-dealkylation sites (N-methyl/N-ethyl adjacent to an activating group) is 1. The number of nitrogens with one attached hydrogen (secondary N) is 1. The quantitative estimate of drug-likeness (QED) is 0.880. The van der Waals surface area contributed by atoms with Crippen LogP contribution in [0.25, 0.3) is 10.2 Å². The number of hydrogen-bond donors (Lipinski definition) is 2. The van der Waals surface area contributed by atoms with Gasteiger partial charge in [-0.2, -0.15) is 4.98 Å². The highest BCUT2D eigenvalue weighted by atomic mass is 32.1. The molecule has 2 aromatic heterocycles. The lowest BCUT2D eigenvalue weighted by Gasteiger charge is -2.27. The standard InChI is InChI=1S/C13H20N4OS/c1-5-14-12-15-10(17(4)8-13(2,3)18)9-6-7-19-11(9)16-12/h6-7,18H,5,8H2,1-4H3,(H,14,15,16). The summed E-state index contributed by atoms with van der Waals surface area (Å²) in [6, 6.07) is 2.02. The van der Waals surface area contributed by atoms with Crippen molar-refractivity contribution in [1.82, 2.24) is 9.97 Å². The van der Waals surface area contributed by atoms with E-state index >= 15 is 0 Å². The molecule has 0 amide bonds. The summed E-state index contributed by atoms with van der Waals surface area (Å²) in [6.07, 6.45) is 0. The normalized spacial score (nSPS) is 11.8. The van der Waals surface area contributed by atoms with Crippen LogP contribution in [-0.4, -0.2) is 40.8 Å². The second kappa shape index (κ2) is 5.30. The predicted octanol–water partition coefficient (Wildman–Crippen LogP) is 2.33. The Morgan fingerprint density at radius 2 is 2.16 bits per heavy atom. The zero-order valence-corrected chi connectivity index (χ0v) is 12.6. The van der Waals surface area contributed by atoms with Crippen molar-refractivity contribution in [3.05, 3.63) is 11.4 Å². The number of nitrogens with zero attached hydrogens (tertiary/aromatic N) is 3. The maximum Gasteiger partial charge on any atom is 0.226 e.